The minimum Gasteiger partial charge on any atom is -0.273 e. The van der Waals surface area contributed by atoms with Crippen LogP contribution in [0.3, 0.4) is 0 Å². The lowest BCUT2D eigenvalue weighted by molar-refractivity contribution is 0.593. The Kier molecular flexibility index (Phi) is 5.29. The largest absolute Gasteiger partial charge is 0.273 e. The van der Waals surface area contributed by atoms with Crippen LogP contribution in [0.1, 0.15) is 11.4 Å². The third-order valence-electron chi connectivity index (χ3n) is 4.00. The number of aromatic nitrogens is 4. The van der Waals surface area contributed by atoms with Gasteiger partial charge in [0.15, 0.2) is 20.0 Å². The van der Waals surface area contributed by atoms with Gasteiger partial charge in [-0.1, -0.05) is 35.9 Å². The van der Waals surface area contributed by atoms with Gasteiger partial charge in [0.05, 0.1) is 4.90 Å². The second kappa shape index (κ2) is 7.86. The average molecular weight is 429 g/mol. The zero-order valence-electron chi connectivity index (χ0n) is 14.9. The number of nitrogens with zero attached hydrogens (tertiary/aromatic N) is 4. The highest BCUT2D eigenvalue weighted by atomic mass is 32.2. The van der Waals surface area contributed by atoms with Crippen LogP contribution in [0.5, 0.6) is 0 Å². The molecule has 0 spiro atoms. The molecule has 0 radical (unpaired) electrons. The normalized spacial score (nSPS) is 11.6. The molecule has 0 unspecified atom stereocenters. The number of sulfone groups is 1. The van der Waals surface area contributed by atoms with Crippen molar-refractivity contribution in [3.8, 4) is 5.69 Å². The molecule has 4 aromatic rings. The number of hydrogen-bond donors (Lipinski definition) is 0. The van der Waals surface area contributed by atoms with Crippen LogP contribution < -0.4 is 0 Å². The molecule has 4 rings (SSSR count). The van der Waals surface area contributed by atoms with E-state index in [1.807, 2.05) is 42.6 Å². The minimum atomic E-state index is -3.55. The maximum atomic E-state index is 12.9. The minimum absolute atomic E-state index is 0.240. The molecule has 0 N–H and O–H groups in total. The van der Waals surface area contributed by atoms with Gasteiger partial charge in [-0.25, -0.2) is 13.4 Å². The number of hydrogen-bond acceptors (Lipinski definition) is 7. The quantitative estimate of drug-likeness (QED) is 0.459. The highest BCUT2D eigenvalue weighted by Crippen LogP contribution is 2.31. The van der Waals surface area contributed by atoms with Gasteiger partial charge in [-0.2, -0.15) is 0 Å². The number of benzene rings is 2. The second-order valence-corrected chi connectivity index (χ2v) is 10.1. The van der Waals surface area contributed by atoms with Crippen LogP contribution in [0.4, 0.5) is 0 Å². The lowest BCUT2D eigenvalue weighted by atomic mass is 10.2. The summed E-state index contributed by atoms with van der Waals surface area (Å²) < 4.78 is 28.4. The molecule has 2 aromatic heterocycles. The molecule has 0 aliphatic heterocycles. The van der Waals surface area contributed by atoms with E-state index in [9.17, 15) is 8.42 Å². The first-order valence-electron chi connectivity index (χ1n) is 8.39. The van der Waals surface area contributed by atoms with E-state index in [0.29, 0.717) is 11.0 Å². The van der Waals surface area contributed by atoms with E-state index in [1.165, 1.54) is 23.1 Å². The van der Waals surface area contributed by atoms with Crippen molar-refractivity contribution in [3.63, 3.8) is 0 Å². The Morgan fingerprint density at radius 1 is 1.04 bits per heavy atom. The average Bonchev–Trinajstić information content (AvgIpc) is 3.33. The number of thiazole rings is 1. The predicted octanol–water partition coefficient (Wildman–Crippen LogP) is 4.16. The predicted molar refractivity (Wildman–Crippen MR) is 110 cm³/mol. The van der Waals surface area contributed by atoms with E-state index in [2.05, 4.69) is 15.2 Å². The van der Waals surface area contributed by atoms with Crippen LogP contribution in [0.25, 0.3) is 5.69 Å². The molecular weight excluding hydrogens is 412 g/mol. The van der Waals surface area contributed by atoms with Crippen LogP contribution in [-0.2, 0) is 15.6 Å². The van der Waals surface area contributed by atoms with E-state index >= 15 is 0 Å². The lowest BCUT2D eigenvalue weighted by Gasteiger charge is -2.10. The monoisotopic (exact) mass is 428 g/mol. The summed E-state index contributed by atoms with van der Waals surface area (Å²) in [6.45, 7) is 1.92. The Balaban J connectivity index is 1.74. The van der Waals surface area contributed by atoms with Crippen molar-refractivity contribution in [1.82, 2.24) is 19.7 Å². The smallest absolute Gasteiger partial charge is 0.202 e. The first-order valence-corrected chi connectivity index (χ1v) is 11.7. The fourth-order valence-electron chi connectivity index (χ4n) is 2.63. The van der Waals surface area contributed by atoms with Gasteiger partial charge in [0.1, 0.15) is 5.75 Å². The van der Waals surface area contributed by atoms with Crippen molar-refractivity contribution in [2.45, 2.75) is 27.1 Å². The number of para-hydroxylation sites is 1. The van der Waals surface area contributed by atoms with E-state index in [-0.39, 0.29) is 10.6 Å². The van der Waals surface area contributed by atoms with Crippen molar-refractivity contribution >= 4 is 32.9 Å². The summed E-state index contributed by atoms with van der Waals surface area (Å²) in [6, 6.07) is 16.3. The summed E-state index contributed by atoms with van der Waals surface area (Å²) >= 11 is 2.86. The summed E-state index contributed by atoms with van der Waals surface area (Å²) in [4.78, 5) is 4.54. The fourth-order valence-corrected chi connectivity index (χ4v) is 5.47. The molecule has 0 bridgehead atoms. The highest BCUT2D eigenvalue weighted by molar-refractivity contribution is 8.00. The molecular formula is C19H16N4O2S3. The van der Waals surface area contributed by atoms with Crippen molar-refractivity contribution in [3.05, 3.63) is 77.6 Å². The molecule has 0 aliphatic carbocycles. The zero-order chi connectivity index (χ0) is 19.6. The molecule has 0 saturated carbocycles. The number of aryl methyl sites for hydroxylation is 1. The molecule has 142 valence electrons. The molecule has 28 heavy (non-hydrogen) atoms. The SMILES string of the molecule is Cc1ccc(S(=O)(=O)Cc2nnc(Sc3nccs3)n2-c2ccccc2)cc1. The van der Waals surface area contributed by atoms with Gasteiger partial charge in [-0.3, -0.25) is 4.57 Å². The fraction of sp³-hybridized carbons (Fsp3) is 0.105. The van der Waals surface area contributed by atoms with Gasteiger partial charge in [-0.05, 0) is 43.0 Å². The molecule has 6 nitrogen and oxygen atoms in total. The molecule has 9 heteroatoms. The Hall–Kier alpha value is -2.49. The molecule has 0 saturated heterocycles. The Labute approximate surface area is 171 Å². The van der Waals surface area contributed by atoms with Gasteiger partial charge >= 0.3 is 0 Å². The van der Waals surface area contributed by atoms with Gasteiger partial charge in [0, 0.05) is 17.3 Å². The van der Waals surface area contributed by atoms with E-state index in [0.717, 1.165) is 15.6 Å². The summed E-state index contributed by atoms with van der Waals surface area (Å²) in [6.07, 6.45) is 1.72. The first-order chi connectivity index (χ1) is 13.5. The molecule has 2 heterocycles. The third kappa shape index (κ3) is 4.01. The van der Waals surface area contributed by atoms with Crippen LogP contribution in [0.15, 0.2) is 80.6 Å². The second-order valence-electron chi connectivity index (χ2n) is 6.04. The maximum Gasteiger partial charge on any atom is 0.202 e. The van der Waals surface area contributed by atoms with E-state index in [4.69, 9.17) is 0 Å². The maximum absolute atomic E-state index is 12.9. The van der Waals surface area contributed by atoms with Crippen LogP contribution in [-0.4, -0.2) is 28.2 Å². The summed E-state index contributed by atoms with van der Waals surface area (Å²) in [5, 5.41) is 10.9. The molecule has 2 aromatic carbocycles. The Morgan fingerprint density at radius 3 is 2.46 bits per heavy atom. The van der Waals surface area contributed by atoms with Crippen LogP contribution in [0, 0.1) is 6.92 Å². The zero-order valence-corrected chi connectivity index (χ0v) is 17.3. The van der Waals surface area contributed by atoms with Gasteiger partial charge in [0.25, 0.3) is 0 Å². The standard InChI is InChI=1S/C19H16N4O2S3/c1-14-7-9-16(10-8-14)28(24,25)13-17-21-22-18(27-19-20-11-12-26-19)23(17)15-5-3-2-4-6-15/h2-12H,13H2,1H3. The Bertz CT molecular complexity index is 1170. The summed E-state index contributed by atoms with van der Waals surface area (Å²) in [7, 11) is -3.55. The van der Waals surface area contributed by atoms with Crippen molar-refractivity contribution < 1.29 is 8.42 Å². The summed E-state index contributed by atoms with van der Waals surface area (Å²) in [5.41, 5.74) is 1.81. The van der Waals surface area contributed by atoms with Crippen molar-refractivity contribution in [2.75, 3.05) is 0 Å². The van der Waals surface area contributed by atoms with Crippen LogP contribution >= 0.6 is 23.1 Å². The first kappa shape index (κ1) is 18.9. The molecule has 0 aliphatic rings. The van der Waals surface area contributed by atoms with E-state index in [1.54, 1.807) is 35.0 Å². The van der Waals surface area contributed by atoms with Gasteiger partial charge < -0.3 is 0 Å². The number of rotatable bonds is 6. The van der Waals surface area contributed by atoms with Crippen molar-refractivity contribution in [1.29, 1.82) is 0 Å². The molecule has 0 atom stereocenters. The lowest BCUT2D eigenvalue weighted by Crippen LogP contribution is -2.11. The van der Waals surface area contributed by atoms with Crippen LogP contribution in [0.2, 0.25) is 0 Å². The topological polar surface area (TPSA) is 77.7 Å². The van der Waals surface area contributed by atoms with E-state index < -0.39 is 9.84 Å². The molecule has 0 amide bonds. The van der Waals surface area contributed by atoms with Gasteiger partial charge in [0.2, 0.25) is 5.16 Å². The molecule has 0 fully saturated rings. The van der Waals surface area contributed by atoms with Gasteiger partial charge in [-0.15, -0.1) is 21.5 Å². The Morgan fingerprint density at radius 2 is 1.79 bits per heavy atom. The highest BCUT2D eigenvalue weighted by Gasteiger charge is 2.23. The van der Waals surface area contributed by atoms with Crippen molar-refractivity contribution in [2.24, 2.45) is 0 Å². The third-order valence-corrected chi connectivity index (χ3v) is 7.46. The summed E-state index contributed by atoms with van der Waals surface area (Å²) in [5.74, 6) is 0.127.